The lowest BCUT2D eigenvalue weighted by atomic mass is 9.97. The Morgan fingerprint density at radius 1 is 1.43 bits per heavy atom. The highest BCUT2D eigenvalue weighted by Gasteiger charge is 2.36. The molecule has 2 aliphatic rings. The van der Waals surface area contributed by atoms with Gasteiger partial charge in [0.15, 0.2) is 12.1 Å². The number of carbonyl (C=O) groups is 1. The van der Waals surface area contributed by atoms with Crippen LogP contribution < -0.4 is 0 Å². The second kappa shape index (κ2) is 6.60. The average Bonchev–Trinajstić information content (AvgIpc) is 3.24. The molecule has 0 aromatic carbocycles. The van der Waals surface area contributed by atoms with Crippen molar-refractivity contribution in [1.29, 1.82) is 0 Å². The fourth-order valence-electron chi connectivity index (χ4n) is 3.22. The molecule has 116 valence electrons. The van der Waals surface area contributed by atoms with Gasteiger partial charge < -0.3 is 14.1 Å². The normalized spacial score (nSPS) is 22.5. The molecule has 1 atom stereocenters. The first-order valence-electron chi connectivity index (χ1n) is 8.04. The van der Waals surface area contributed by atoms with Crippen LogP contribution in [0.5, 0.6) is 0 Å². The van der Waals surface area contributed by atoms with E-state index in [1.165, 1.54) is 12.8 Å². The SMILES string of the molecule is COCCC[C@@H]1CCCCN1C(=O)c1ncoc1C1CC1. The third kappa shape index (κ3) is 3.28. The van der Waals surface area contributed by atoms with E-state index in [1.54, 1.807) is 7.11 Å². The zero-order valence-electron chi connectivity index (χ0n) is 12.7. The Kier molecular flexibility index (Phi) is 4.58. The summed E-state index contributed by atoms with van der Waals surface area (Å²) in [5.74, 6) is 1.29. The van der Waals surface area contributed by atoms with Crippen molar-refractivity contribution in [1.82, 2.24) is 9.88 Å². The van der Waals surface area contributed by atoms with Crippen LogP contribution in [0.1, 0.15) is 67.1 Å². The van der Waals surface area contributed by atoms with Gasteiger partial charge in [-0.2, -0.15) is 0 Å². The molecule has 1 aliphatic carbocycles. The first-order valence-corrected chi connectivity index (χ1v) is 8.04. The van der Waals surface area contributed by atoms with Crippen molar-refractivity contribution in [2.45, 2.75) is 56.9 Å². The minimum atomic E-state index is 0.0627. The molecule has 0 N–H and O–H groups in total. The summed E-state index contributed by atoms with van der Waals surface area (Å²) < 4.78 is 10.6. The van der Waals surface area contributed by atoms with E-state index < -0.39 is 0 Å². The van der Waals surface area contributed by atoms with E-state index in [9.17, 15) is 4.79 Å². The van der Waals surface area contributed by atoms with Crippen LogP contribution in [0.3, 0.4) is 0 Å². The van der Waals surface area contributed by atoms with Gasteiger partial charge in [0.1, 0.15) is 5.76 Å². The molecule has 1 aromatic rings. The lowest BCUT2D eigenvalue weighted by Gasteiger charge is -2.35. The second-order valence-electron chi connectivity index (χ2n) is 6.12. The number of hydrogen-bond acceptors (Lipinski definition) is 4. The van der Waals surface area contributed by atoms with Crippen LogP contribution >= 0.6 is 0 Å². The summed E-state index contributed by atoms with van der Waals surface area (Å²) in [7, 11) is 1.72. The maximum Gasteiger partial charge on any atom is 0.276 e. The van der Waals surface area contributed by atoms with Crippen molar-refractivity contribution in [3.63, 3.8) is 0 Å². The molecule has 1 aromatic heterocycles. The Bertz CT molecular complexity index is 482. The molecule has 5 heteroatoms. The van der Waals surface area contributed by atoms with Gasteiger partial charge in [0, 0.05) is 32.2 Å². The Morgan fingerprint density at radius 2 is 2.29 bits per heavy atom. The van der Waals surface area contributed by atoms with Crippen molar-refractivity contribution < 1.29 is 13.9 Å². The predicted molar refractivity (Wildman–Crippen MR) is 78.3 cm³/mol. The van der Waals surface area contributed by atoms with Crippen molar-refractivity contribution in [2.75, 3.05) is 20.3 Å². The second-order valence-corrected chi connectivity index (χ2v) is 6.12. The molecule has 3 rings (SSSR count). The third-order valence-corrected chi connectivity index (χ3v) is 4.52. The molecule has 1 amide bonds. The molecule has 1 saturated carbocycles. The topological polar surface area (TPSA) is 55.6 Å². The molecule has 2 heterocycles. The molecule has 5 nitrogen and oxygen atoms in total. The lowest BCUT2D eigenvalue weighted by Crippen LogP contribution is -2.44. The number of aromatic nitrogens is 1. The maximum atomic E-state index is 12.8. The van der Waals surface area contributed by atoms with Gasteiger partial charge in [-0.15, -0.1) is 0 Å². The van der Waals surface area contributed by atoms with Crippen LogP contribution in [0.15, 0.2) is 10.8 Å². The fourth-order valence-corrected chi connectivity index (χ4v) is 3.22. The standard InChI is InChI=1S/C16H24N2O3/c1-20-10-4-6-13-5-2-3-9-18(13)16(19)14-15(12-7-8-12)21-11-17-14/h11-13H,2-10H2,1H3/t13-/m0/s1. The van der Waals surface area contributed by atoms with E-state index in [1.807, 2.05) is 4.90 Å². The van der Waals surface area contributed by atoms with Gasteiger partial charge in [-0.25, -0.2) is 4.98 Å². The minimum absolute atomic E-state index is 0.0627. The summed E-state index contributed by atoms with van der Waals surface area (Å²) in [5, 5.41) is 0. The van der Waals surface area contributed by atoms with E-state index in [-0.39, 0.29) is 5.91 Å². The number of hydrogen-bond donors (Lipinski definition) is 0. The summed E-state index contributed by atoms with van der Waals surface area (Å²) >= 11 is 0. The van der Waals surface area contributed by atoms with Crippen LogP contribution in [0.25, 0.3) is 0 Å². The van der Waals surface area contributed by atoms with Gasteiger partial charge in [-0.1, -0.05) is 0 Å². The number of oxazole rings is 1. The van der Waals surface area contributed by atoms with Crippen LogP contribution in [-0.2, 0) is 4.74 Å². The first-order chi connectivity index (χ1) is 10.3. The smallest absolute Gasteiger partial charge is 0.276 e. The predicted octanol–water partition coefficient (Wildman–Crippen LogP) is 2.97. The molecule has 2 fully saturated rings. The number of piperidine rings is 1. The highest BCUT2D eigenvalue weighted by atomic mass is 16.5. The third-order valence-electron chi connectivity index (χ3n) is 4.52. The van der Waals surface area contributed by atoms with Crippen LogP contribution in [0.4, 0.5) is 0 Å². The van der Waals surface area contributed by atoms with Crippen LogP contribution in [0.2, 0.25) is 0 Å². The summed E-state index contributed by atoms with van der Waals surface area (Å²) in [5.41, 5.74) is 0.552. The highest BCUT2D eigenvalue weighted by molar-refractivity contribution is 5.93. The zero-order chi connectivity index (χ0) is 14.7. The molecule has 21 heavy (non-hydrogen) atoms. The van der Waals surface area contributed by atoms with Gasteiger partial charge in [-0.3, -0.25) is 4.79 Å². The summed E-state index contributed by atoms with van der Waals surface area (Å²) in [6.45, 7) is 1.60. The fraction of sp³-hybridized carbons (Fsp3) is 0.750. The van der Waals surface area contributed by atoms with Crippen molar-refractivity contribution >= 4 is 5.91 Å². The van der Waals surface area contributed by atoms with E-state index in [2.05, 4.69) is 4.98 Å². The molecule has 1 saturated heterocycles. The highest BCUT2D eigenvalue weighted by Crippen LogP contribution is 2.42. The quantitative estimate of drug-likeness (QED) is 0.756. The Hall–Kier alpha value is -1.36. The van der Waals surface area contributed by atoms with Gasteiger partial charge >= 0.3 is 0 Å². The molecule has 0 bridgehead atoms. The number of carbonyl (C=O) groups excluding carboxylic acids is 1. The number of methoxy groups -OCH3 is 1. The molecule has 1 aliphatic heterocycles. The number of amides is 1. The number of nitrogens with zero attached hydrogens (tertiary/aromatic N) is 2. The van der Waals surface area contributed by atoms with Crippen molar-refractivity contribution in [3.8, 4) is 0 Å². The van der Waals surface area contributed by atoms with E-state index >= 15 is 0 Å². The van der Waals surface area contributed by atoms with Gasteiger partial charge in [-0.05, 0) is 44.9 Å². The van der Waals surface area contributed by atoms with Crippen LogP contribution in [-0.4, -0.2) is 42.1 Å². The van der Waals surface area contributed by atoms with Gasteiger partial charge in [0.05, 0.1) is 0 Å². The molecular weight excluding hydrogens is 268 g/mol. The summed E-state index contributed by atoms with van der Waals surface area (Å²) in [6.07, 6.45) is 9.05. The van der Waals surface area contributed by atoms with E-state index in [0.29, 0.717) is 17.7 Å². The van der Waals surface area contributed by atoms with Crippen molar-refractivity contribution in [2.24, 2.45) is 0 Å². The Balaban J connectivity index is 1.69. The minimum Gasteiger partial charge on any atom is -0.447 e. The van der Waals surface area contributed by atoms with E-state index in [0.717, 1.165) is 57.4 Å². The first kappa shape index (κ1) is 14.6. The molecule has 0 spiro atoms. The lowest BCUT2D eigenvalue weighted by molar-refractivity contribution is 0.0577. The number of likely N-dealkylation sites (tertiary alicyclic amines) is 1. The molecule has 0 radical (unpaired) electrons. The molecule has 0 unspecified atom stereocenters. The number of ether oxygens (including phenoxy) is 1. The van der Waals surface area contributed by atoms with Gasteiger partial charge in [0.25, 0.3) is 5.91 Å². The average molecular weight is 292 g/mol. The summed E-state index contributed by atoms with van der Waals surface area (Å²) in [6, 6.07) is 0.324. The molecular formula is C16H24N2O3. The zero-order valence-corrected chi connectivity index (χ0v) is 12.7. The van der Waals surface area contributed by atoms with E-state index in [4.69, 9.17) is 9.15 Å². The Labute approximate surface area is 125 Å². The Morgan fingerprint density at radius 3 is 3.05 bits per heavy atom. The van der Waals surface area contributed by atoms with Crippen molar-refractivity contribution in [3.05, 3.63) is 17.8 Å². The number of rotatable bonds is 6. The van der Waals surface area contributed by atoms with Crippen LogP contribution in [0, 0.1) is 0 Å². The summed E-state index contributed by atoms with van der Waals surface area (Å²) in [4.78, 5) is 19.0. The monoisotopic (exact) mass is 292 g/mol. The van der Waals surface area contributed by atoms with Gasteiger partial charge in [0.2, 0.25) is 0 Å². The maximum absolute atomic E-state index is 12.8. The largest absolute Gasteiger partial charge is 0.447 e.